The van der Waals surface area contributed by atoms with Crippen molar-refractivity contribution in [1.29, 1.82) is 0 Å². The van der Waals surface area contributed by atoms with Crippen LogP contribution in [0.25, 0.3) is 6.08 Å². The molecule has 0 unspecified atom stereocenters. The third-order valence-corrected chi connectivity index (χ3v) is 4.27. The summed E-state index contributed by atoms with van der Waals surface area (Å²) in [4.78, 5) is 12.0. The third-order valence-electron chi connectivity index (χ3n) is 4.27. The Balaban J connectivity index is 1.53. The maximum atomic E-state index is 12.0. The van der Waals surface area contributed by atoms with Crippen molar-refractivity contribution in [2.75, 3.05) is 0 Å². The van der Waals surface area contributed by atoms with Crippen molar-refractivity contribution in [1.82, 2.24) is 0 Å². The fraction of sp³-hybridized carbons (Fsp3) is 0.160. The van der Waals surface area contributed by atoms with Crippen LogP contribution in [0.2, 0.25) is 0 Å². The maximum Gasteiger partial charge on any atom is 0.331 e. The van der Waals surface area contributed by atoms with Crippen molar-refractivity contribution in [2.45, 2.75) is 26.4 Å². The number of para-hydroxylation sites is 1. The van der Waals surface area contributed by atoms with E-state index < -0.39 is 0 Å². The molecule has 0 saturated heterocycles. The molecule has 0 aliphatic carbocycles. The minimum Gasteiger partial charge on any atom is -0.458 e. The van der Waals surface area contributed by atoms with Crippen molar-refractivity contribution in [3.8, 4) is 11.5 Å². The van der Waals surface area contributed by atoms with Crippen LogP contribution in [0.1, 0.15) is 36.5 Å². The predicted octanol–water partition coefficient (Wildman–Crippen LogP) is 6.36. The summed E-state index contributed by atoms with van der Waals surface area (Å²) in [5, 5.41) is 0. The van der Waals surface area contributed by atoms with Gasteiger partial charge in [-0.3, -0.25) is 0 Å². The Hall–Kier alpha value is -3.33. The number of ether oxygens (including phenoxy) is 2. The molecule has 0 fully saturated rings. The van der Waals surface area contributed by atoms with Gasteiger partial charge in [-0.25, -0.2) is 4.79 Å². The quantitative estimate of drug-likeness (QED) is 0.358. The van der Waals surface area contributed by atoms with Crippen molar-refractivity contribution >= 4 is 12.0 Å². The van der Waals surface area contributed by atoms with E-state index in [1.807, 2.05) is 66.7 Å². The molecule has 0 bridgehead atoms. The van der Waals surface area contributed by atoms with Crippen LogP contribution in [0.15, 0.2) is 84.9 Å². The van der Waals surface area contributed by atoms with Gasteiger partial charge in [-0.2, -0.15) is 0 Å². The Kier molecular flexibility index (Phi) is 6.64. The van der Waals surface area contributed by atoms with E-state index >= 15 is 0 Å². The van der Waals surface area contributed by atoms with E-state index in [0.29, 0.717) is 11.7 Å². The first-order chi connectivity index (χ1) is 13.6. The van der Waals surface area contributed by atoms with E-state index in [9.17, 15) is 4.79 Å². The van der Waals surface area contributed by atoms with Crippen LogP contribution >= 0.6 is 0 Å². The molecule has 28 heavy (non-hydrogen) atoms. The highest BCUT2D eigenvalue weighted by atomic mass is 16.5. The van der Waals surface area contributed by atoms with Gasteiger partial charge < -0.3 is 9.47 Å². The van der Waals surface area contributed by atoms with Crippen molar-refractivity contribution in [2.24, 2.45) is 0 Å². The van der Waals surface area contributed by atoms with Gasteiger partial charge in [0.2, 0.25) is 0 Å². The van der Waals surface area contributed by atoms with E-state index in [1.165, 1.54) is 11.6 Å². The molecule has 0 aliphatic rings. The van der Waals surface area contributed by atoms with Crippen LogP contribution in [0.4, 0.5) is 0 Å². The molecular formula is C25H24O3. The fourth-order valence-corrected chi connectivity index (χ4v) is 2.68. The molecule has 0 heterocycles. The molecule has 3 heteroatoms. The predicted molar refractivity (Wildman–Crippen MR) is 112 cm³/mol. The molecule has 0 saturated carbocycles. The summed E-state index contributed by atoms with van der Waals surface area (Å²) in [5.41, 5.74) is 3.12. The summed E-state index contributed by atoms with van der Waals surface area (Å²) in [6.07, 6.45) is 3.22. The van der Waals surface area contributed by atoms with Crippen LogP contribution in [-0.2, 0) is 16.1 Å². The molecule has 0 amide bonds. The molecule has 0 spiro atoms. The number of hydrogen-bond donors (Lipinski definition) is 0. The highest BCUT2D eigenvalue weighted by Gasteiger charge is 2.03. The Morgan fingerprint density at radius 1 is 0.893 bits per heavy atom. The third kappa shape index (κ3) is 5.85. The molecule has 0 radical (unpaired) electrons. The molecule has 0 N–H and O–H groups in total. The van der Waals surface area contributed by atoms with Gasteiger partial charge >= 0.3 is 5.97 Å². The Bertz CT molecular complexity index is 926. The number of carbonyl (C=O) groups excluding carboxylic acids is 1. The zero-order valence-corrected chi connectivity index (χ0v) is 16.2. The van der Waals surface area contributed by atoms with Crippen LogP contribution in [0, 0.1) is 0 Å². The standard InChI is InChI=1S/C25H24O3/c1-19(2)22-14-11-20(12-15-22)13-16-25(26)27-18-21-7-6-10-24(17-21)28-23-8-4-3-5-9-23/h3-17,19H,18H2,1-2H3. The summed E-state index contributed by atoms with van der Waals surface area (Å²) in [7, 11) is 0. The van der Waals surface area contributed by atoms with Crippen LogP contribution in [0.3, 0.4) is 0 Å². The minimum absolute atomic E-state index is 0.196. The van der Waals surface area contributed by atoms with E-state index in [-0.39, 0.29) is 12.6 Å². The van der Waals surface area contributed by atoms with E-state index in [0.717, 1.165) is 16.9 Å². The number of benzene rings is 3. The van der Waals surface area contributed by atoms with Gasteiger partial charge in [0.05, 0.1) is 0 Å². The second kappa shape index (κ2) is 9.56. The Labute approximate surface area is 166 Å². The smallest absolute Gasteiger partial charge is 0.331 e. The second-order valence-electron chi connectivity index (χ2n) is 6.82. The van der Waals surface area contributed by atoms with Crippen LogP contribution < -0.4 is 4.74 Å². The summed E-state index contributed by atoms with van der Waals surface area (Å²) in [5.74, 6) is 1.59. The zero-order valence-electron chi connectivity index (χ0n) is 16.2. The molecule has 0 atom stereocenters. The summed E-state index contributed by atoms with van der Waals surface area (Å²) in [6.45, 7) is 4.51. The fourth-order valence-electron chi connectivity index (χ4n) is 2.68. The van der Waals surface area contributed by atoms with Crippen LogP contribution in [-0.4, -0.2) is 5.97 Å². The molecule has 3 aromatic rings. The number of carbonyl (C=O) groups is 1. The average Bonchev–Trinajstić information content (AvgIpc) is 2.72. The zero-order chi connectivity index (χ0) is 19.8. The lowest BCUT2D eigenvalue weighted by atomic mass is 10.0. The van der Waals surface area contributed by atoms with E-state index in [2.05, 4.69) is 26.0 Å². The lowest BCUT2D eigenvalue weighted by Gasteiger charge is -2.08. The molecule has 0 aliphatic heterocycles. The second-order valence-corrected chi connectivity index (χ2v) is 6.82. The lowest BCUT2D eigenvalue weighted by molar-refractivity contribution is -0.138. The molecule has 3 nitrogen and oxygen atoms in total. The number of hydrogen-bond acceptors (Lipinski definition) is 3. The number of rotatable bonds is 7. The summed E-state index contributed by atoms with van der Waals surface area (Å²) >= 11 is 0. The Morgan fingerprint density at radius 3 is 2.32 bits per heavy atom. The van der Waals surface area contributed by atoms with Crippen LogP contribution in [0.5, 0.6) is 11.5 Å². The average molecular weight is 372 g/mol. The monoisotopic (exact) mass is 372 g/mol. The molecule has 0 aromatic heterocycles. The van der Waals surface area contributed by atoms with Crippen molar-refractivity contribution in [3.63, 3.8) is 0 Å². The van der Waals surface area contributed by atoms with E-state index in [4.69, 9.17) is 9.47 Å². The van der Waals surface area contributed by atoms with Gasteiger partial charge in [0, 0.05) is 6.08 Å². The van der Waals surface area contributed by atoms with Gasteiger partial charge in [-0.1, -0.05) is 68.4 Å². The largest absolute Gasteiger partial charge is 0.458 e. The highest BCUT2D eigenvalue weighted by Crippen LogP contribution is 2.22. The molecule has 3 aromatic carbocycles. The maximum absolute atomic E-state index is 12.0. The molecular weight excluding hydrogens is 348 g/mol. The molecule has 142 valence electrons. The van der Waals surface area contributed by atoms with Crippen molar-refractivity contribution in [3.05, 3.63) is 102 Å². The first-order valence-corrected chi connectivity index (χ1v) is 9.37. The lowest BCUT2D eigenvalue weighted by Crippen LogP contribution is -2.00. The first kappa shape index (κ1) is 19.4. The minimum atomic E-state index is -0.373. The van der Waals surface area contributed by atoms with Gasteiger partial charge in [-0.15, -0.1) is 0 Å². The molecule has 3 rings (SSSR count). The SMILES string of the molecule is CC(C)c1ccc(C=CC(=O)OCc2cccc(Oc3ccccc3)c2)cc1. The topological polar surface area (TPSA) is 35.5 Å². The van der Waals surface area contributed by atoms with Gasteiger partial charge in [0.1, 0.15) is 18.1 Å². The summed E-state index contributed by atoms with van der Waals surface area (Å²) < 4.78 is 11.1. The summed E-state index contributed by atoms with van der Waals surface area (Å²) in [6, 6.07) is 25.3. The normalized spacial score (nSPS) is 11.0. The first-order valence-electron chi connectivity index (χ1n) is 9.37. The van der Waals surface area contributed by atoms with E-state index in [1.54, 1.807) is 6.08 Å². The Morgan fingerprint density at radius 2 is 1.61 bits per heavy atom. The van der Waals surface area contributed by atoms with Gasteiger partial charge in [0.25, 0.3) is 0 Å². The number of esters is 1. The highest BCUT2D eigenvalue weighted by molar-refractivity contribution is 5.87. The van der Waals surface area contributed by atoms with Gasteiger partial charge in [-0.05, 0) is 52.9 Å². The van der Waals surface area contributed by atoms with Gasteiger partial charge in [0.15, 0.2) is 0 Å². The van der Waals surface area contributed by atoms with Crippen molar-refractivity contribution < 1.29 is 14.3 Å².